The minimum absolute atomic E-state index is 0.0872. The zero-order valence-corrected chi connectivity index (χ0v) is 18.3. The van der Waals surface area contributed by atoms with Gasteiger partial charge in [-0.1, -0.05) is 35.1 Å². The van der Waals surface area contributed by atoms with Gasteiger partial charge in [-0.2, -0.15) is 0 Å². The predicted octanol–water partition coefficient (Wildman–Crippen LogP) is 2.47. The van der Waals surface area contributed by atoms with Crippen molar-refractivity contribution in [1.82, 2.24) is 4.57 Å². The van der Waals surface area contributed by atoms with Crippen LogP contribution >= 0.6 is 22.9 Å². The summed E-state index contributed by atoms with van der Waals surface area (Å²) in [6.45, 7) is 0.783. The third-order valence-corrected chi connectivity index (χ3v) is 6.02. The van der Waals surface area contributed by atoms with Crippen LogP contribution in [0, 0.1) is 0 Å². The summed E-state index contributed by atoms with van der Waals surface area (Å²) in [5.41, 5.74) is 1.61. The first-order chi connectivity index (χ1) is 14.5. The van der Waals surface area contributed by atoms with Crippen molar-refractivity contribution in [3.05, 3.63) is 66.7 Å². The summed E-state index contributed by atoms with van der Waals surface area (Å²) in [6, 6.07) is 11.1. The number of hydrogen-bond donors (Lipinski definition) is 0. The highest BCUT2D eigenvalue weighted by Gasteiger charge is 2.20. The largest absolute Gasteiger partial charge is 0.493 e. The van der Waals surface area contributed by atoms with Gasteiger partial charge in [0.2, 0.25) is 5.75 Å². The summed E-state index contributed by atoms with van der Waals surface area (Å²) in [6.07, 6.45) is 1.84. The molecule has 0 spiro atoms. The number of ether oxygens (including phenoxy) is 3. The average molecular weight is 446 g/mol. The molecule has 1 aromatic heterocycles. The van der Waals surface area contributed by atoms with E-state index in [2.05, 4.69) is 4.99 Å². The molecule has 0 amide bonds. The summed E-state index contributed by atoms with van der Waals surface area (Å²) in [4.78, 5) is 20.2. The van der Waals surface area contributed by atoms with Crippen LogP contribution in [-0.4, -0.2) is 32.6 Å². The molecule has 0 saturated heterocycles. The van der Waals surface area contributed by atoms with E-state index in [1.54, 1.807) is 32.0 Å². The maximum atomic E-state index is 13.0. The molecule has 0 saturated carbocycles. The van der Waals surface area contributed by atoms with Gasteiger partial charge in [0.25, 0.3) is 5.56 Å². The number of halogens is 1. The number of aromatic nitrogens is 1. The Morgan fingerprint density at radius 1 is 1.10 bits per heavy atom. The van der Waals surface area contributed by atoms with Gasteiger partial charge in [0.15, 0.2) is 16.3 Å². The lowest BCUT2D eigenvalue weighted by Crippen LogP contribution is -2.42. The number of methoxy groups -OCH3 is 3. The van der Waals surface area contributed by atoms with Crippen molar-refractivity contribution in [1.29, 1.82) is 0 Å². The minimum atomic E-state index is -0.0872. The smallest absolute Gasteiger partial charge is 0.271 e. The number of fused-ring (bicyclic) bond motifs is 1. The summed E-state index contributed by atoms with van der Waals surface area (Å²) in [7, 11) is 4.70. The van der Waals surface area contributed by atoms with E-state index in [1.165, 1.54) is 11.3 Å². The van der Waals surface area contributed by atoms with Crippen molar-refractivity contribution in [2.75, 3.05) is 32.9 Å². The average Bonchev–Trinajstić information content (AvgIpc) is 3.07. The van der Waals surface area contributed by atoms with Crippen LogP contribution < -0.4 is 34.0 Å². The number of hydrogen-bond acceptors (Lipinski definition) is 7. The van der Waals surface area contributed by atoms with Crippen LogP contribution in [-0.2, 0) is 6.67 Å². The van der Waals surface area contributed by atoms with E-state index in [-0.39, 0.29) is 5.56 Å². The van der Waals surface area contributed by atoms with Crippen LogP contribution in [0.4, 0.5) is 5.69 Å². The SMILES string of the molecule is COc1cc(N2CN=c3s/c(=C\c4cccc(Cl)c4)c(=O)n3C2)cc(OC)c1OC. The number of benzene rings is 2. The molecule has 0 atom stereocenters. The first kappa shape index (κ1) is 20.3. The summed E-state index contributed by atoms with van der Waals surface area (Å²) >= 11 is 7.43. The molecule has 2 heterocycles. The van der Waals surface area contributed by atoms with E-state index >= 15 is 0 Å². The molecule has 0 unspecified atom stereocenters. The molecule has 7 nitrogen and oxygen atoms in total. The van der Waals surface area contributed by atoms with Gasteiger partial charge < -0.3 is 19.1 Å². The predicted molar refractivity (Wildman–Crippen MR) is 118 cm³/mol. The highest BCUT2D eigenvalue weighted by Crippen LogP contribution is 2.41. The van der Waals surface area contributed by atoms with E-state index in [0.717, 1.165) is 11.3 Å². The number of nitrogens with zero attached hydrogens (tertiary/aromatic N) is 3. The highest BCUT2D eigenvalue weighted by atomic mass is 35.5. The molecule has 3 aromatic rings. The zero-order valence-electron chi connectivity index (χ0n) is 16.7. The van der Waals surface area contributed by atoms with Gasteiger partial charge in [-0.25, -0.2) is 4.99 Å². The van der Waals surface area contributed by atoms with Crippen molar-refractivity contribution in [2.45, 2.75) is 6.67 Å². The van der Waals surface area contributed by atoms with Crippen molar-refractivity contribution in [2.24, 2.45) is 4.99 Å². The Labute approximate surface area is 182 Å². The topological polar surface area (TPSA) is 65.3 Å². The Morgan fingerprint density at radius 3 is 2.47 bits per heavy atom. The van der Waals surface area contributed by atoms with Crippen LogP contribution in [0.5, 0.6) is 17.2 Å². The van der Waals surface area contributed by atoms with Gasteiger partial charge in [0.1, 0.15) is 13.3 Å². The molecule has 30 heavy (non-hydrogen) atoms. The fourth-order valence-corrected chi connectivity index (χ4v) is 4.43. The number of rotatable bonds is 5. The van der Waals surface area contributed by atoms with Gasteiger partial charge in [-0.05, 0) is 23.8 Å². The Hall–Kier alpha value is -2.97. The summed E-state index contributed by atoms with van der Waals surface area (Å²) in [5.74, 6) is 1.61. The maximum Gasteiger partial charge on any atom is 0.271 e. The number of thiazole rings is 1. The lowest BCUT2D eigenvalue weighted by molar-refractivity contribution is 0.324. The van der Waals surface area contributed by atoms with Gasteiger partial charge in [-0.15, -0.1) is 0 Å². The molecule has 1 aliphatic rings. The fraction of sp³-hybridized carbons (Fsp3) is 0.238. The van der Waals surface area contributed by atoms with Crippen molar-refractivity contribution < 1.29 is 14.2 Å². The van der Waals surface area contributed by atoms with Crippen molar-refractivity contribution in [3.8, 4) is 17.2 Å². The highest BCUT2D eigenvalue weighted by molar-refractivity contribution is 7.07. The molecular weight excluding hydrogens is 426 g/mol. The molecule has 4 rings (SSSR count). The van der Waals surface area contributed by atoms with Crippen molar-refractivity contribution >= 4 is 34.7 Å². The quantitative estimate of drug-likeness (QED) is 0.603. The summed E-state index contributed by atoms with van der Waals surface area (Å²) in [5, 5.41) is 0.628. The van der Waals surface area contributed by atoms with Crippen LogP contribution in [0.2, 0.25) is 5.02 Å². The van der Waals surface area contributed by atoms with Gasteiger partial charge in [-0.3, -0.25) is 9.36 Å². The second-order valence-electron chi connectivity index (χ2n) is 6.55. The van der Waals surface area contributed by atoms with Crippen LogP contribution in [0.3, 0.4) is 0 Å². The molecule has 0 bridgehead atoms. The summed E-state index contributed by atoms with van der Waals surface area (Å²) < 4.78 is 18.5. The lowest BCUT2D eigenvalue weighted by atomic mass is 10.2. The molecule has 2 aromatic carbocycles. The molecule has 0 N–H and O–H groups in total. The minimum Gasteiger partial charge on any atom is -0.493 e. The molecule has 0 fully saturated rings. The first-order valence-electron chi connectivity index (χ1n) is 9.10. The molecule has 9 heteroatoms. The van der Waals surface area contributed by atoms with E-state index in [9.17, 15) is 4.79 Å². The third kappa shape index (κ3) is 3.76. The van der Waals surface area contributed by atoms with E-state index in [4.69, 9.17) is 25.8 Å². The van der Waals surface area contributed by atoms with E-state index in [0.29, 0.717) is 44.9 Å². The van der Waals surface area contributed by atoms with Gasteiger partial charge >= 0.3 is 0 Å². The Bertz CT molecular complexity index is 1240. The van der Waals surface area contributed by atoms with Gasteiger partial charge in [0, 0.05) is 22.8 Å². The number of anilines is 1. The Kier molecular flexibility index (Phi) is 5.69. The fourth-order valence-electron chi connectivity index (χ4n) is 3.27. The molecule has 0 radical (unpaired) electrons. The van der Waals surface area contributed by atoms with Crippen LogP contribution in [0.15, 0.2) is 46.2 Å². The van der Waals surface area contributed by atoms with Crippen LogP contribution in [0.25, 0.3) is 6.08 Å². The van der Waals surface area contributed by atoms with Crippen molar-refractivity contribution in [3.63, 3.8) is 0 Å². The second kappa shape index (κ2) is 8.41. The lowest BCUT2D eigenvalue weighted by Gasteiger charge is -2.27. The molecule has 1 aliphatic heterocycles. The van der Waals surface area contributed by atoms with E-state index in [1.807, 2.05) is 41.3 Å². The van der Waals surface area contributed by atoms with Crippen LogP contribution in [0.1, 0.15) is 5.56 Å². The monoisotopic (exact) mass is 445 g/mol. The molecule has 156 valence electrons. The second-order valence-corrected chi connectivity index (χ2v) is 7.99. The van der Waals surface area contributed by atoms with Gasteiger partial charge in [0.05, 0.1) is 25.9 Å². The maximum absolute atomic E-state index is 13.0. The molecule has 0 aliphatic carbocycles. The zero-order chi connectivity index (χ0) is 21.3. The first-order valence-corrected chi connectivity index (χ1v) is 10.3. The Morgan fingerprint density at radius 2 is 1.83 bits per heavy atom. The molecular formula is C21H20ClN3O4S. The van der Waals surface area contributed by atoms with E-state index < -0.39 is 0 Å². The third-order valence-electron chi connectivity index (χ3n) is 4.74. The Balaban J connectivity index is 1.71. The standard InChI is InChI=1S/C21H20ClN3O4S/c1-27-16-9-15(10-17(28-2)19(16)29-3)24-11-23-21-25(12-24)20(26)18(30-21)8-13-5-4-6-14(22)7-13/h4-10H,11-12H2,1-3H3/b18-8-. The normalized spacial score (nSPS) is 13.6.